The molecule has 4 nitrogen and oxygen atoms in total. The summed E-state index contributed by atoms with van der Waals surface area (Å²) in [5.74, 6) is 0. The summed E-state index contributed by atoms with van der Waals surface area (Å²) in [4.78, 5) is 4.26. The molecule has 25 heavy (non-hydrogen) atoms. The number of anilines is 1. The number of hydrogen-bond donors (Lipinski definition) is 1. The second-order valence-corrected chi connectivity index (χ2v) is 7.31. The third-order valence-electron chi connectivity index (χ3n) is 3.40. The topological polar surface area (TPSA) is 59.1 Å². The summed E-state index contributed by atoms with van der Waals surface area (Å²) < 4.78 is 27.5. The van der Waals surface area contributed by atoms with Crippen LogP contribution in [-0.2, 0) is 10.0 Å². The molecule has 0 fully saturated rings. The van der Waals surface area contributed by atoms with Gasteiger partial charge in [-0.3, -0.25) is 9.71 Å². The van der Waals surface area contributed by atoms with Crippen molar-refractivity contribution in [2.45, 2.75) is 4.90 Å². The second-order valence-electron chi connectivity index (χ2n) is 5.25. The molecular formula is C19H15ClN2O2S. The fraction of sp³-hybridized carbons (Fsp3) is 0. The lowest BCUT2D eigenvalue weighted by atomic mass is 10.2. The smallest absolute Gasteiger partial charge is 0.263 e. The molecule has 0 saturated carbocycles. The van der Waals surface area contributed by atoms with Crippen molar-refractivity contribution in [3.63, 3.8) is 0 Å². The lowest BCUT2D eigenvalue weighted by Crippen LogP contribution is -2.13. The maximum absolute atomic E-state index is 12.5. The van der Waals surface area contributed by atoms with E-state index in [-0.39, 0.29) is 9.92 Å². The molecule has 3 rings (SSSR count). The van der Waals surface area contributed by atoms with E-state index in [0.717, 1.165) is 11.3 Å². The Morgan fingerprint density at radius 1 is 0.920 bits per heavy atom. The molecule has 0 aliphatic heterocycles. The van der Waals surface area contributed by atoms with Gasteiger partial charge in [0.15, 0.2) is 0 Å². The van der Waals surface area contributed by atoms with Crippen molar-refractivity contribution in [2.75, 3.05) is 4.72 Å². The summed E-state index contributed by atoms with van der Waals surface area (Å²) in [6.45, 7) is 0. The molecule has 0 radical (unpaired) electrons. The molecule has 3 aromatic rings. The zero-order valence-corrected chi connectivity index (χ0v) is 14.7. The Labute approximate surface area is 151 Å². The highest BCUT2D eigenvalue weighted by atomic mass is 35.5. The van der Waals surface area contributed by atoms with Crippen LogP contribution in [0.2, 0.25) is 5.02 Å². The van der Waals surface area contributed by atoms with Gasteiger partial charge in [0.2, 0.25) is 0 Å². The predicted molar refractivity (Wildman–Crippen MR) is 102 cm³/mol. The summed E-state index contributed by atoms with van der Waals surface area (Å²) in [6.07, 6.45) is 5.45. The standard InChI is InChI=1S/C19H15ClN2O2S/c20-18-9-1-2-10-19(18)25(23,24)22-17-8-5-6-15(14-17)11-12-16-7-3-4-13-21-16/h1-14,22H/b12-11-. The van der Waals surface area contributed by atoms with Crippen molar-refractivity contribution >= 4 is 39.5 Å². The molecule has 0 amide bonds. The Balaban J connectivity index is 1.82. The number of hydrogen-bond acceptors (Lipinski definition) is 3. The number of aromatic nitrogens is 1. The lowest BCUT2D eigenvalue weighted by molar-refractivity contribution is 0.601. The van der Waals surface area contributed by atoms with E-state index in [1.807, 2.05) is 36.4 Å². The van der Waals surface area contributed by atoms with E-state index in [2.05, 4.69) is 9.71 Å². The lowest BCUT2D eigenvalue weighted by Gasteiger charge is -2.09. The molecule has 0 aliphatic rings. The fourth-order valence-corrected chi connectivity index (χ4v) is 3.80. The summed E-state index contributed by atoms with van der Waals surface area (Å²) in [5, 5.41) is 0.182. The van der Waals surface area contributed by atoms with E-state index in [9.17, 15) is 8.42 Å². The Morgan fingerprint density at radius 3 is 2.48 bits per heavy atom. The van der Waals surface area contributed by atoms with Gasteiger partial charge in [0.05, 0.1) is 10.7 Å². The Kier molecular flexibility index (Phi) is 5.16. The van der Waals surface area contributed by atoms with E-state index in [1.165, 1.54) is 6.07 Å². The summed E-state index contributed by atoms with van der Waals surface area (Å²) in [7, 11) is -3.75. The van der Waals surface area contributed by atoms with Gasteiger partial charge in [0.1, 0.15) is 4.90 Å². The van der Waals surface area contributed by atoms with Crippen LogP contribution in [0.1, 0.15) is 11.3 Å². The van der Waals surface area contributed by atoms with E-state index in [4.69, 9.17) is 11.6 Å². The van der Waals surface area contributed by atoms with E-state index < -0.39 is 10.0 Å². The van der Waals surface area contributed by atoms with E-state index >= 15 is 0 Å². The molecule has 0 atom stereocenters. The maximum atomic E-state index is 12.5. The van der Waals surface area contributed by atoms with Gasteiger partial charge in [0, 0.05) is 11.9 Å². The maximum Gasteiger partial charge on any atom is 0.263 e. The van der Waals surface area contributed by atoms with Crippen molar-refractivity contribution in [3.05, 3.63) is 89.2 Å². The fourth-order valence-electron chi connectivity index (χ4n) is 2.23. The van der Waals surface area contributed by atoms with Crippen LogP contribution < -0.4 is 4.72 Å². The number of pyridine rings is 1. The Morgan fingerprint density at radius 2 is 1.72 bits per heavy atom. The first kappa shape index (κ1) is 17.2. The van der Waals surface area contributed by atoms with Gasteiger partial charge in [-0.05, 0) is 48.0 Å². The van der Waals surface area contributed by atoms with Crippen LogP contribution in [0.5, 0.6) is 0 Å². The van der Waals surface area contributed by atoms with Gasteiger partial charge in [-0.25, -0.2) is 8.42 Å². The normalized spacial score (nSPS) is 11.6. The van der Waals surface area contributed by atoms with Crippen molar-refractivity contribution < 1.29 is 8.42 Å². The quantitative estimate of drug-likeness (QED) is 0.707. The van der Waals surface area contributed by atoms with Gasteiger partial charge in [-0.1, -0.05) is 48.0 Å². The first-order chi connectivity index (χ1) is 12.0. The van der Waals surface area contributed by atoms with Crippen LogP contribution >= 0.6 is 11.6 Å². The highest BCUT2D eigenvalue weighted by molar-refractivity contribution is 7.92. The molecule has 1 N–H and O–H groups in total. The van der Waals surface area contributed by atoms with Crippen molar-refractivity contribution in [1.82, 2.24) is 4.98 Å². The van der Waals surface area contributed by atoms with E-state index in [1.54, 1.807) is 42.6 Å². The minimum absolute atomic E-state index is 0.0473. The van der Waals surface area contributed by atoms with Crippen LogP contribution in [0.25, 0.3) is 12.2 Å². The molecule has 0 bridgehead atoms. The summed E-state index contributed by atoms with van der Waals surface area (Å²) in [6, 6.07) is 19.1. The molecule has 2 aromatic carbocycles. The van der Waals surface area contributed by atoms with Crippen molar-refractivity contribution in [1.29, 1.82) is 0 Å². The Bertz CT molecular complexity index is 1000. The third kappa shape index (κ3) is 4.47. The minimum atomic E-state index is -3.75. The van der Waals surface area contributed by atoms with Crippen molar-refractivity contribution in [3.8, 4) is 0 Å². The van der Waals surface area contributed by atoms with Gasteiger partial charge >= 0.3 is 0 Å². The van der Waals surface area contributed by atoms with Crippen LogP contribution in [0.15, 0.2) is 77.8 Å². The number of rotatable bonds is 5. The predicted octanol–water partition coefficient (Wildman–Crippen LogP) is 4.71. The number of halogens is 1. The Hall–Kier alpha value is -2.63. The number of sulfonamides is 1. The molecular weight excluding hydrogens is 356 g/mol. The molecule has 0 saturated heterocycles. The molecule has 6 heteroatoms. The minimum Gasteiger partial charge on any atom is -0.280 e. The van der Waals surface area contributed by atoms with E-state index in [0.29, 0.717) is 5.69 Å². The SMILES string of the molecule is O=S(=O)(Nc1cccc(/C=C\c2ccccn2)c1)c1ccccc1Cl. The highest BCUT2D eigenvalue weighted by Crippen LogP contribution is 2.24. The van der Waals surface area contributed by atoms with Gasteiger partial charge in [-0.2, -0.15) is 0 Å². The van der Waals surface area contributed by atoms with Crippen molar-refractivity contribution in [2.24, 2.45) is 0 Å². The zero-order valence-electron chi connectivity index (χ0n) is 13.1. The first-order valence-corrected chi connectivity index (χ1v) is 9.37. The number of nitrogens with one attached hydrogen (secondary N) is 1. The average Bonchev–Trinajstić information content (AvgIpc) is 2.61. The molecule has 126 valence electrons. The molecule has 0 spiro atoms. The monoisotopic (exact) mass is 370 g/mol. The van der Waals surface area contributed by atoms with Crippen LogP contribution in [0, 0.1) is 0 Å². The molecule has 1 heterocycles. The van der Waals surface area contributed by atoms with Gasteiger partial charge < -0.3 is 0 Å². The highest BCUT2D eigenvalue weighted by Gasteiger charge is 2.17. The van der Waals surface area contributed by atoms with Gasteiger partial charge in [-0.15, -0.1) is 0 Å². The largest absolute Gasteiger partial charge is 0.280 e. The molecule has 1 aromatic heterocycles. The third-order valence-corrected chi connectivity index (χ3v) is 5.28. The van der Waals surface area contributed by atoms with Crippen LogP contribution in [-0.4, -0.2) is 13.4 Å². The van der Waals surface area contributed by atoms with Crippen LogP contribution in [0.3, 0.4) is 0 Å². The molecule has 0 unspecified atom stereocenters. The van der Waals surface area contributed by atoms with Crippen LogP contribution in [0.4, 0.5) is 5.69 Å². The molecule has 0 aliphatic carbocycles. The summed E-state index contributed by atoms with van der Waals surface area (Å²) >= 11 is 5.99. The number of nitrogens with zero attached hydrogens (tertiary/aromatic N) is 1. The average molecular weight is 371 g/mol. The number of benzene rings is 2. The summed E-state index contributed by atoms with van der Waals surface area (Å²) in [5.41, 5.74) is 2.14. The first-order valence-electron chi connectivity index (χ1n) is 7.51. The zero-order chi connectivity index (χ0) is 17.7. The second kappa shape index (κ2) is 7.51. The van der Waals surface area contributed by atoms with Gasteiger partial charge in [0.25, 0.3) is 10.0 Å².